The first kappa shape index (κ1) is 27.8. The van der Waals surface area contributed by atoms with Crippen LogP contribution < -0.4 is 10.6 Å². The Morgan fingerprint density at radius 1 is 0.951 bits per heavy atom. The van der Waals surface area contributed by atoms with Gasteiger partial charge in [0.25, 0.3) is 5.91 Å². The summed E-state index contributed by atoms with van der Waals surface area (Å²) < 4.78 is 50.8. The fourth-order valence-corrected chi connectivity index (χ4v) is 6.99. The summed E-state index contributed by atoms with van der Waals surface area (Å²) in [6, 6.07) is 15.7. The molecule has 1 aliphatic heterocycles. The van der Waals surface area contributed by atoms with E-state index in [4.69, 9.17) is 9.15 Å². The predicted octanol–water partition coefficient (Wildman–Crippen LogP) is 4.03. The Labute approximate surface area is 238 Å². The van der Waals surface area contributed by atoms with Crippen molar-refractivity contribution in [2.75, 3.05) is 13.2 Å². The third-order valence-corrected chi connectivity index (χ3v) is 11.0. The molecule has 0 spiro atoms. The summed E-state index contributed by atoms with van der Waals surface area (Å²) in [6.07, 6.45) is 1.35. The summed E-state index contributed by atoms with van der Waals surface area (Å²) in [5.41, 5.74) is -0.317. The minimum atomic E-state index is -3.43. The second-order valence-electron chi connectivity index (χ2n) is 11.3. The van der Waals surface area contributed by atoms with Gasteiger partial charge in [-0.3, -0.25) is 9.59 Å². The smallest absolute Gasteiger partial charge is 0.287 e. The average molecular weight is 598 g/mol. The first-order chi connectivity index (χ1) is 19.4. The lowest BCUT2D eigenvalue weighted by atomic mass is 9.79. The summed E-state index contributed by atoms with van der Waals surface area (Å²) in [5, 5.41) is 13.6. The van der Waals surface area contributed by atoms with E-state index in [-0.39, 0.29) is 49.6 Å². The number of nitrogens with zero attached hydrogens (tertiary/aromatic N) is 1. The van der Waals surface area contributed by atoms with E-state index in [1.807, 2.05) is 6.07 Å². The number of fused-ring (bicyclic) bond motifs is 1. The lowest BCUT2D eigenvalue weighted by Crippen LogP contribution is -2.62. The number of rotatable bonds is 7. The number of hydrogen-bond acceptors (Lipinski definition) is 7. The molecule has 2 heterocycles. The van der Waals surface area contributed by atoms with Gasteiger partial charge in [-0.15, -0.1) is 0 Å². The van der Waals surface area contributed by atoms with Crippen molar-refractivity contribution in [3.63, 3.8) is 0 Å². The molecule has 3 aliphatic rings. The molecule has 2 saturated carbocycles. The van der Waals surface area contributed by atoms with E-state index in [0.29, 0.717) is 23.8 Å². The van der Waals surface area contributed by atoms with E-state index in [9.17, 15) is 27.7 Å². The van der Waals surface area contributed by atoms with Gasteiger partial charge in [0.1, 0.15) is 27.3 Å². The molecular formula is C29H29FN3O6PS. The molecule has 3 aromatic rings. The van der Waals surface area contributed by atoms with Crippen molar-refractivity contribution >= 4 is 41.9 Å². The second-order valence-corrected chi connectivity index (χ2v) is 14.6. The Morgan fingerprint density at radius 3 is 2.20 bits per heavy atom. The van der Waals surface area contributed by atoms with E-state index in [1.165, 1.54) is 0 Å². The Balaban J connectivity index is 1.22. The number of alkyl halides is 1. The maximum atomic E-state index is 14.6. The zero-order valence-corrected chi connectivity index (χ0v) is 24.1. The molecule has 1 saturated heterocycles. The van der Waals surface area contributed by atoms with Crippen LogP contribution in [0.4, 0.5) is 4.39 Å². The second kappa shape index (κ2) is 9.90. The van der Waals surface area contributed by atoms with E-state index >= 15 is 0 Å². The van der Waals surface area contributed by atoms with Gasteiger partial charge in [0.15, 0.2) is 15.6 Å². The van der Waals surface area contributed by atoms with Gasteiger partial charge in [-0.25, -0.2) is 12.8 Å². The van der Waals surface area contributed by atoms with Gasteiger partial charge in [0.2, 0.25) is 5.91 Å². The molecule has 9 nitrogen and oxygen atoms in total. The van der Waals surface area contributed by atoms with Crippen LogP contribution in [0.25, 0.3) is 22.1 Å². The SMILES string of the molecule is N#CC1(NC(=O)C2(NC(=O)c3cc4ccc(-c5ccc(S(=O)(=O)C6COC6)cc5)cc4o3)CCC(F)(P)CC2)CC1. The minimum absolute atomic E-state index is 0.00198. The number of nitriles is 1. The third kappa shape index (κ3) is 5.25. The van der Waals surface area contributed by atoms with Gasteiger partial charge in [0.05, 0.1) is 24.2 Å². The lowest BCUT2D eigenvalue weighted by molar-refractivity contribution is -0.130. The number of carbonyl (C=O) groups excluding carboxylic acids is 2. The van der Waals surface area contributed by atoms with Gasteiger partial charge in [0, 0.05) is 5.39 Å². The van der Waals surface area contributed by atoms with Crippen LogP contribution in [0.3, 0.4) is 0 Å². The van der Waals surface area contributed by atoms with Gasteiger partial charge in [-0.05, 0) is 73.9 Å². The third-order valence-electron chi connectivity index (χ3n) is 8.35. The van der Waals surface area contributed by atoms with Crippen LogP contribution >= 0.6 is 9.24 Å². The summed E-state index contributed by atoms with van der Waals surface area (Å²) in [5.74, 6) is -1.10. The van der Waals surface area contributed by atoms with Gasteiger partial charge in [-0.2, -0.15) is 5.26 Å². The normalized spacial score (nSPS) is 25.6. The minimum Gasteiger partial charge on any atom is -0.451 e. The number of ether oxygens (including phenoxy) is 1. The highest BCUT2D eigenvalue weighted by Crippen LogP contribution is 2.43. The topological polar surface area (TPSA) is 138 Å². The maximum Gasteiger partial charge on any atom is 0.287 e. The van der Waals surface area contributed by atoms with Gasteiger partial charge in [-0.1, -0.05) is 33.5 Å². The molecule has 2 amide bonds. The van der Waals surface area contributed by atoms with Crippen LogP contribution in [-0.4, -0.2) is 55.2 Å². The van der Waals surface area contributed by atoms with Gasteiger partial charge < -0.3 is 19.8 Å². The molecule has 3 fully saturated rings. The maximum absolute atomic E-state index is 14.6. The number of amides is 2. The first-order valence-corrected chi connectivity index (χ1v) is 15.6. The molecule has 0 radical (unpaired) electrons. The van der Waals surface area contributed by atoms with Crippen LogP contribution in [0, 0.1) is 11.3 Å². The number of sulfone groups is 1. The summed E-state index contributed by atoms with van der Waals surface area (Å²) >= 11 is 0. The first-order valence-electron chi connectivity index (χ1n) is 13.4. The molecule has 1 atom stereocenters. The van der Waals surface area contributed by atoms with Crippen LogP contribution in [0.2, 0.25) is 0 Å². The van der Waals surface area contributed by atoms with Crippen molar-refractivity contribution in [2.24, 2.45) is 0 Å². The lowest BCUT2D eigenvalue weighted by Gasteiger charge is -2.41. The number of hydrogen-bond donors (Lipinski definition) is 2. The standard InChI is InChI=1S/C29H29FN3O6PS/c30-29(40)11-9-28(10-12-29,26(35)33-27(17-31)7-8-27)32-25(34)24-14-20-2-1-19(13-23(20)39-24)18-3-5-21(6-4-18)41(36,37)22-15-38-16-22/h1-6,13-14,22H,7-12,15-16,40H2,(H,32,34)(H,33,35). The van der Waals surface area contributed by atoms with E-state index in [2.05, 4.69) is 25.9 Å². The van der Waals surface area contributed by atoms with E-state index in [0.717, 1.165) is 11.1 Å². The quantitative estimate of drug-likeness (QED) is 0.392. The van der Waals surface area contributed by atoms with E-state index in [1.54, 1.807) is 42.5 Å². The fraction of sp³-hybridized carbons (Fsp3) is 0.414. The molecule has 2 N–H and O–H groups in total. The molecule has 214 valence electrons. The molecule has 2 aliphatic carbocycles. The van der Waals surface area contributed by atoms with Crippen LogP contribution in [0.5, 0.6) is 0 Å². The van der Waals surface area contributed by atoms with Crippen molar-refractivity contribution in [3.05, 3.63) is 54.3 Å². The molecule has 2 aromatic carbocycles. The van der Waals surface area contributed by atoms with Crippen molar-refractivity contribution in [1.82, 2.24) is 10.6 Å². The largest absolute Gasteiger partial charge is 0.451 e. The van der Waals surface area contributed by atoms with E-state index < -0.39 is 43.4 Å². The zero-order valence-electron chi connectivity index (χ0n) is 22.1. The summed E-state index contributed by atoms with van der Waals surface area (Å²) in [7, 11) is -1.25. The van der Waals surface area contributed by atoms with Crippen molar-refractivity contribution < 1.29 is 31.6 Å². The molecule has 0 bridgehead atoms. The van der Waals surface area contributed by atoms with Gasteiger partial charge >= 0.3 is 0 Å². The monoisotopic (exact) mass is 597 g/mol. The summed E-state index contributed by atoms with van der Waals surface area (Å²) in [4.78, 5) is 26.9. The number of furan rings is 1. The van der Waals surface area contributed by atoms with Crippen LogP contribution in [0.1, 0.15) is 49.1 Å². The average Bonchev–Trinajstić information content (AvgIpc) is 3.55. The van der Waals surface area contributed by atoms with Crippen molar-refractivity contribution in [2.45, 2.75) is 65.2 Å². The Bertz CT molecular complexity index is 1680. The number of carbonyl (C=O) groups is 2. The molecule has 1 aromatic heterocycles. The summed E-state index contributed by atoms with van der Waals surface area (Å²) in [6.45, 7) is 0.409. The number of halogens is 1. The molecular weight excluding hydrogens is 568 g/mol. The fourth-order valence-electron chi connectivity index (χ4n) is 5.25. The highest BCUT2D eigenvalue weighted by molar-refractivity contribution is 7.92. The molecule has 41 heavy (non-hydrogen) atoms. The van der Waals surface area contributed by atoms with Crippen LogP contribution in [-0.2, 0) is 19.4 Å². The van der Waals surface area contributed by atoms with Crippen LogP contribution in [0.15, 0.2) is 57.8 Å². The zero-order chi connectivity index (χ0) is 29.0. The number of benzene rings is 2. The Kier molecular flexibility index (Phi) is 6.72. The molecule has 6 rings (SSSR count). The number of nitrogens with one attached hydrogen (secondary N) is 2. The van der Waals surface area contributed by atoms with Crippen molar-refractivity contribution in [1.29, 1.82) is 5.26 Å². The Morgan fingerprint density at radius 2 is 1.61 bits per heavy atom. The molecule has 1 unspecified atom stereocenters. The highest BCUT2D eigenvalue weighted by atomic mass is 32.2. The predicted molar refractivity (Wildman–Crippen MR) is 151 cm³/mol. The highest BCUT2D eigenvalue weighted by Gasteiger charge is 2.52. The van der Waals surface area contributed by atoms with Crippen molar-refractivity contribution in [3.8, 4) is 17.2 Å². The molecule has 12 heteroatoms. The Hall–Kier alpha value is -3.32.